The van der Waals surface area contributed by atoms with E-state index in [1.807, 2.05) is 0 Å². The van der Waals surface area contributed by atoms with Crippen LogP contribution in [0.5, 0.6) is 0 Å². The molecule has 1 aliphatic rings. The van der Waals surface area contributed by atoms with Gasteiger partial charge in [-0.1, -0.05) is 23.2 Å². The van der Waals surface area contributed by atoms with Crippen LogP contribution in [0.2, 0.25) is 10.0 Å². The Kier molecular flexibility index (Phi) is 6.57. The van der Waals surface area contributed by atoms with Gasteiger partial charge >= 0.3 is 0 Å². The number of morpholine rings is 1. The summed E-state index contributed by atoms with van der Waals surface area (Å²) < 4.78 is 5.27. The van der Waals surface area contributed by atoms with Crippen LogP contribution < -0.4 is 10.6 Å². The Bertz CT molecular complexity index is 479. The van der Waals surface area contributed by atoms with Crippen molar-refractivity contribution in [3.63, 3.8) is 0 Å². The molecule has 0 unspecified atom stereocenters. The molecule has 1 heterocycles. The first-order valence-electron chi connectivity index (χ1n) is 6.91. The molecule has 1 aliphatic heterocycles. The number of carbonyl (C=O) groups excluding carboxylic acids is 1. The van der Waals surface area contributed by atoms with E-state index in [1.165, 1.54) is 0 Å². The maximum atomic E-state index is 11.7. The summed E-state index contributed by atoms with van der Waals surface area (Å²) in [4.78, 5) is 14.0. The largest absolute Gasteiger partial charge is 0.379 e. The Labute approximate surface area is 134 Å². The van der Waals surface area contributed by atoms with Crippen LogP contribution in [-0.4, -0.2) is 56.7 Å². The fraction of sp³-hybridized carbons (Fsp3) is 0.500. The van der Waals surface area contributed by atoms with Crippen molar-refractivity contribution in [3.8, 4) is 0 Å². The summed E-state index contributed by atoms with van der Waals surface area (Å²) in [5.41, 5.74) is 0.771. The number of ether oxygens (including phenoxy) is 1. The molecule has 5 nitrogen and oxygen atoms in total. The van der Waals surface area contributed by atoms with Gasteiger partial charge in [0, 0.05) is 31.9 Å². The second-order valence-corrected chi connectivity index (χ2v) is 5.60. The number of benzene rings is 1. The molecule has 2 N–H and O–H groups in total. The Morgan fingerprint density at radius 3 is 2.71 bits per heavy atom. The summed E-state index contributed by atoms with van der Waals surface area (Å²) in [5, 5.41) is 6.86. The van der Waals surface area contributed by atoms with Crippen molar-refractivity contribution in [1.29, 1.82) is 0 Å². The number of rotatable bonds is 6. The zero-order valence-electron chi connectivity index (χ0n) is 11.7. The minimum Gasteiger partial charge on any atom is -0.379 e. The Morgan fingerprint density at radius 2 is 2.00 bits per heavy atom. The lowest BCUT2D eigenvalue weighted by molar-refractivity contribution is -0.119. The van der Waals surface area contributed by atoms with E-state index in [4.69, 9.17) is 27.9 Å². The number of nitrogens with zero attached hydrogens (tertiary/aromatic N) is 1. The summed E-state index contributed by atoms with van der Waals surface area (Å²) in [7, 11) is 0. The van der Waals surface area contributed by atoms with Gasteiger partial charge < -0.3 is 15.4 Å². The zero-order chi connectivity index (χ0) is 15.1. The number of carbonyl (C=O) groups is 1. The van der Waals surface area contributed by atoms with Crippen LogP contribution >= 0.6 is 23.2 Å². The first-order valence-corrected chi connectivity index (χ1v) is 7.66. The molecule has 0 spiro atoms. The molecule has 116 valence electrons. The number of nitrogens with one attached hydrogen (secondary N) is 2. The zero-order valence-corrected chi connectivity index (χ0v) is 13.2. The monoisotopic (exact) mass is 331 g/mol. The number of hydrogen-bond acceptors (Lipinski definition) is 4. The third kappa shape index (κ3) is 5.71. The number of hydrogen-bond donors (Lipinski definition) is 2. The van der Waals surface area contributed by atoms with Crippen molar-refractivity contribution in [1.82, 2.24) is 10.2 Å². The van der Waals surface area contributed by atoms with Crippen LogP contribution in [0.3, 0.4) is 0 Å². The van der Waals surface area contributed by atoms with Gasteiger partial charge in [-0.05, 0) is 18.2 Å². The molecule has 0 radical (unpaired) electrons. The smallest absolute Gasteiger partial charge is 0.239 e. The Morgan fingerprint density at radius 1 is 1.24 bits per heavy atom. The standard InChI is InChI=1S/C14H19Cl2N3O2/c15-12-2-1-11(9-13(12)16)18-10-14(20)17-3-4-19-5-7-21-8-6-19/h1-2,9,18H,3-8,10H2,(H,17,20). The van der Waals surface area contributed by atoms with Gasteiger partial charge in [0.05, 0.1) is 29.8 Å². The highest BCUT2D eigenvalue weighted by Crippen LogP contribution is 2.24. The average Bonchev–Trinajstić information content (AvgIpc) is 2.49. The second kappa shape index (κ2) is 8.44. The van der Waals surface area contributed by atoms with Crippen molar-refractivity contribution in [2.45, 2.75) is 0 Å². The second-order valence-electron chi connectivity index (χ2n) is 4.79. The molecule has 0 bridgehead atoms. The number of halogens is 2. The maximum absolute atomic E-state index is 11.7. The van der Waals surface area contributed by atoms with E-state index in [0.29, 0.717) is 16.6 Å². The molecule has 1 amide bonds. The van der Waals surface area contributed by atoms with Crippen molar-refractivity contribution < 1.29 is 9.53 Å². The molecule has 0 aromatic heterocycles. The van der Waals surface area contributed by atoms with Crippen LogP contribution in [0.25, 0.3) is 0 Å². The van der Waals surface area contributed by atoms with E-state index in [2.05, 4.69) is 15.5 Å². The molecule has 0 atom stereocenters. The third-order valence-corrected chi connectivity index (χ3v) is 3.97. The summed E-state index contributed by atoms with van der Waals surface area (Å²) in [6.45, 7) is 5.10. The summed E-state index contributed by atoms with van der Waals surface area (Å²) >= 11 is 11.7. The lowest BCUT2D eigenvalue weighted by atomic mass is 10.3. The molecular formula is C14H19Cl2N3O2. The van der Waals surface area contributed by atoms with Gasteiger partial charge in [-0.3, -0.25) is 9.69 Å². The fourth-order valence-corrected chi connectivity index (χ4v) is 2.33. The predicted molar refractivity (Wildman–Crippen MR) is 85.2 cm³/mol. The van der Waals surface area contributed by atoms with Crippen molar-refractivity contribution in [3.05, 3.63) is 28.2 Å². The quantitative estimate of drug-likeness (QED) is 0.835. The molecule has 21 heavy (non-hydrogen) atoms. The van der Waals surface area contributed by atoms with E-state index in [1.54, 1.807) is 18.2 Å². The lowest BCUT2D eigenvalue weighted by Crippen LogP contribution is -2.42. The molecule has 1 aromatic rings. The van der Waals surface area contributed by atoms with Gasteiger partial charge in [-0.25, -0.2) is 0 Å². The normalized spacial score (nSPS) is 15.7. The lowest BCUT2D eigenvalue weighted by Gasteiger charge is -2.26. The predicted octanol–water partition coefficient (Wildman–Crippen LogP) is 1.85. The molecule has 0 saturated carbocycles. The minimum atomic E-state index is -0.0469. The van der Waals surface area contributed by atoms with E-state index in [-0.39, 0.29) is 12.5 Å². The van der Waals surface area contributed by atoms with Crippen molar-refractivity contribution in [2.75, 3.05) is 51.3 Å². The summed E-state index contributed by atoms with van der Waals surface area (Å²) in [6, 6.07) is 5.18. The molecule has 1 aromatic carbocycles. The highest BCUT2D eigenvalue weighted by molar-refractivity contribution is 6.42. The summed E-state index contributed by atoms with van der Waals surface area (Å²) in [6.07, 6.45) is 0. The van der Waals surface area contributed by atoms with Crippen LogP contribution in [-0.2, 0) is 9.53 Å². The minimum absolute atomic E-state index is 0.0469. The van der Waals surface area contributed by atoms with E-state index < -0.39 is 0 Å². The average molecular weight is 332 g/mol. The van der Waals surface area contributed by atoms with Gasteiger partial charge in [0.2, 0.25) is 5.91 Å². The van der Waals surface area contributed by atoms with Crippen LogP contribution in [0.15, 0.2) is 18.2 Å². The molecule has 0 aliphatic carbocycles. The van der Waals surface area contributed by atoms with Crippen LogP contribution in [0.1, 0.15) is 0 Å². The molecule has 1 fully saturated rings. The Hall–Kier alpha value is -1.01. The number of amides is 1. The van der Waals surface area contributed by atoms with Gasteiger partial charge in [0.1, 0.15) is 0 Å². The van der Waals surface area contributed by atoms with Gasteiger partial charge in [0.25, 0.3) is 0 Å². The van der Waals surface area contributed by atoms with E-state index >= 15 is 0 Å². The third-order valence-electron chi connectivity index (χ3n) is 3.23. The Balaban J connectivity index is 1.63. The SMILES string of the molecule is O=C(CNc1ccc(Cl)c(Cl)c1)NCCN1CCOCC1. The van der Waals surface area contributed by atoms with Crippen molar-refractivity contribution in [2.24, 2.45) is 0 Å². The van der Waals surface area contributed by atoms with Crippen molar-refractivity contribution >= 4 is 34.8 Å². The highest BCUT2D eigenvalue weighted by atomic mass is 35.5. The van der Waals surface area contributed by atoms with Gasteiger partial charge in [-0.2, -0.15) is 0 Å². The van der Waals surface area contributed by atoms with E-state index in [0.717, 1.165) is 38.5 Å². The van der Waals surface area contributed by atoms with E-state index in [9.17, 15) is 4.79 Å². The van der Waals surface area contributed by atoms with Gasteiger partial charge in [0.15, 0.2) is 0 Å². The molecule has 2 rings (SSSR count). The molecule has 7 heteroatoms. The fourth-order valence-electron chi connectivity index (χ4n) is 2.03. The summed E-state index contributed by atoms with van der Waals surface area (Å²) in [5.74, 6) is -0.0469. The van der Waals surface area contributed by atoms with Crippen LogP contribution in [0.4, 0.5) is 5.69 Å². The topological polar surface area (TPSA) is 53.6 Å². The van der Waals surface area contributed by atoms with Crippen LogP contribution in [0, 0.1) is 0 Å². The maximum Gasteiger partial charge on any atom is 0.239 e. The first-order chi connectivity index (χ1) is 10.1. The highest BCUT2D eigenvalue weighted by Gasteiger charge is 2.10. The first kappa shape index (κ1) is 16.4. The van der Waals surface area contributed by atoms with Gasteiger partial charge in [-0.15, -0.1) is 0 Å². The molecule has 1 saturated heterocycles. The molecular weight excluding hydrogens is 313 g/mol. The number of anilines is 1.